The van der Waals surface area contributed by atoms with E-state index >= 15 is 0 Å². The molecule has 0 bridgehead atoms. The van der Waals surface area contributed by atoms with Gasteiger partial charge in [0.1, 0.15) is 6.04 Å². The Hall–Kier alpha value is -0.990. The monoisotopic (exact) mass is 315 g/mol. The number of hydrogen-bond donors (Lipinski definition) is 1. The second kappa shape index (κ2) is 6.41. The fraction of sp³-hybridized carbons (Fsp3) is 0.846. The van der Waals surface area contributed by atoms with Crippen LogP contribution in [0.15, 0.2) is 0 Å². The number of carboxylic acid groups (broad SMARTS) is 1. The fourth-order valence-corrected chi connectivity index (χ4v) is 4.31. The number of carboxylic acids is 1. The minimum atomic E-state index is -0.905. The van der Waals surface area contributed by atoms with Crippen LogP contribution in [0.4, 0.5) is 4.79 Å². The molecule has 21 heavy (non-hydrogen) atoms. The van der Waals surface area contributed by atoms with Crippen molar-refractivity contribution in [3.05, 3.63) is 0 Å². The quantitative estimate of drug-likeness (QED) is 0.772. The summed E-state index contributed by atoms with van der Waals surface area (Å²) >= 11 is 1.51. The summed E-state index contributed by atoms with van der Waals surface area (Å²) in [6.45, 7) is 4.78. The highest BCUT2D eigenvalue weighted by Gasteiger charge is 2.39. The van der Waals surface area contributed by atoms with Crippen LogP contribution >= 0.6 is 11.8 Å². The number of hydrogen-bond acceptors (Lipinski definition) is 5. The number of ether oxygens (including phenoxy) is 1. The molecule has 2 amide bonds. The number of nitrogens with zero attached hydrogens (tertiary/aromatic N) is 3. The van der Waals surface area contributed by atoms with Crippen LogP contribution in [0.2, 0.25) is 0 Å². The van der Waals surface area contributed by atoms with Gasteiger partial charge in [0, 0.05) is 38.0 Å². The smallest absolute Gasteiger partial charge is 0.327 e. The Morgan fingerprint density at radius 3 is 2.67 bits per heavy atom. The maximum absolute atomic E-state index is 12.5. The Labute approximate surface area is 128 Å². The molecule has 3 fully saturated rings. The van der Waals surface area contributed by atoms with E-state index in [2.05, 4.69) is 4.90 Å². The van der Waals surface area contributed by atoms with Crippen molar-refractivity contribution >= 4 is 23.8 Å². The lowest BCUT2D eigenvalue weighted by atomic mass is 10.2. The summed E-state index contributed by atoms with van der Waals surface area (Å²) in [6, 6.07) is -0.413. The van der Waals surface area contributed by atoms with E-state index in [0.29, 0.717) is 30.8 Å². The van der Waals surface area contributed by atoms with Crippen molar-refractivity contribution in [2.75, 3.05) is 51.0 Å². The van der Waals surface area contributed by atoms with Gasteiger partial charge in [0.2, 0.25) is 0 Å². The number of aliphatic carboxylic acids is 1. The Morgan fingerprint density at radius 1 is 1.19 bits per heavy atom. The van der Waals surface area contributed by atoms with Crippen molar-refractivity contribution in [3.8, 4) is 0 Å². The molecule has 118 valence electrons. The average Bonchev–Trinajstić information content (AvgIpc) is 3.17. The molecule has 0 aromatic carbocycles. The van der Waals surface area contributed by atoms with E-state index < -0.39 is 12.0 Å². The number of urea groups is 1. The molecule has 3 heterocycles. The Kier molecular flexibility index (Phi) is 4.56. The van der Waals surface area contributed by atoms with Gasteiger partial charge in [-0.1, -0.05) is 0 Å². The SMILES string of the molecule is O=C(O)C1CSCN1C(=O)N1CCC(N2CCOCC2)C1. The molecule has 0 spiro atoms. The first-order chi connectivity index (χ1) is 10.2. The van der Waals surface area contributed by atoms with E-state index in [1.165, 1.54) is 16.7 Å². The molecule has 8 heteroatoms. The number of rotatable bonds is 2. The summed E-state index contributed by atoms with van der Waals surface area (Å²) in [7, 11) is 0. The number of carbonyl (C=O) groups is 2. The van der Waals surface area contributed by atoms with Crippen LogP contribution < -0.4 is 0 Å². The molecular weight excluding hydrogens is 294 g/mol. The molecule has 0 aromatic heterocycles. The van der Waals surface area contributed by atoms with Crippen molar-refractivity contribution in [2.24, 2.45) is 0 Å². The van der Waals surface area contributed by atoms with E-state index in [4.69, 9.17) is 4.74 Å². The third kappa shape index (κ3) is 3.12. The molecule has 2 atom stereocenters. The van der Waals surface area contributed by atoms with Crippen LogP contribution in [0, 0.1) is 0 Å². The first-order valence-corrected chi connectivity index (χ1v) is 8.50. The van der Waals surface area contributed by atoms with Gasteiger partial charge < -0.3 is 19.6 Å². The van der Waals surface area contributed by atoms with Crippen LogP contribution in [0.5, 0.6) is 0 Å². The van der Waals surface area contributed by atoms with Crippen LogP contribution in [-0.4, -0.2) is 94.9 Å². The second-order valence-corrected chi connectivity index (χ2v) is 6.64. The number of morpholine rings is 1. The van der Waals surface area contributed by atoms with E-state index in [1.807, 2.05) is 4.90 Å². The third-order valence-corrected chi connectivity index (χ3v) is 5.42. The molecule has 0 aliphatic carbocycles. The number of carbonyl (C=O) groups excluding carboxylic acids is 1. The number of amides is 2. The van der Waals surface area contributed by atoms with Crippen LogP contribution in [0.25, 0.3) is 0 Å². The highest BCUT2D eigenvalue weighted by molar-refractivity contribution is 7.99. The van der Waals surface area contributed by atoms with Crippen LogP contribution in [-0.2, 0) is 9.53 Å². The van der Waals surface area contributed by atoms with Gasteiger partial charge >= 0.3 is 12.0 Å². The Bertz CT molecular complexity index is 416. The van der Waals surface area contributed by atoms with Gasteiger partial charge in [-0.25, -0.2) is 9.59 Å². The Morgan fingerprint density at radius 2 is 1.95 bits per heavy atom. The van der Waals surface area contributed by atoms with E-state index in [9.17, 15) is 14.7 Å². The summed E-state index contributed by atoms with van der Waals surface area (Å²) in [5, 5.41) is 9.18. The zero-order valence-corrected chi connectivity index (χ0v) is 12.8. The van der Waals surface area contributed by atoms with Gasteiger partial charge in [-0.15, -0.1) is 11.8 Å². The zero-order chi connectivity index (χ0) is 14.8. The molecule has 1 N–H and O–H groups in total. The molecule has 0 radical (unpaired) electrons. The van der Waals surface area contributed by atoms with Crippen LogP contribution in [0.3, 0.4) is 0 Å². The third-order valence-electron chi connectivity index (χ3n) is 4.41. The standard InChI is InChI=1S/C13H21N3O4S/c17-12(18)11-8-21-9-16(11)13(19)15-2-1-10(7-15)14-3-5-20-6-4-14/h10-11H,1-9H2,(H,17,18). The normalized spacial score (nSPS) is 30.9. The van der Waals surface area contributed by atoms with Crippen molar-refractivity contribution in [3.63, 3.8) is 0 Å². The predicted octanol–water partition coefficient (Wildman–Crippen LogP) is -0.0276. The summed E-state index contributed by atoms with van der Waals surface area (Å²) < 4.78 is 5.36. The average molecular weight is 315 g/mol. The largest absolute Gasteiger partial charge is 0.480 e. The minimum Gasteiger partial charge on any atom is -0.480 e. The molecule has 0 saturated carbocycles. The molecule has 0 aromatic rings. The Balaban J connectivity index is 1.57. The first-order valence-electron chi connectivity index (χ1n) is 7.34. The van der Waals surface area contributed by atoms with E-state index in [-0.39, 0.29) is 6.03 Å². The van der Waals surface area contributed by atoms with Gasteiger partial charge in [-0.3, -0.25) is 4.90 Å². The molecule has 7 nitrogen and oxygen atoms in total. The van der Waals surface area contributed by atoms with Crippen molar-refractivity contribution in [2.45, 2.75) is 18.5 Å². The lowest BCUT2D eigenvalue weighted by molar-refractivity contribution is -0.140. The summed E-state index contributed by atoms with van der Waals surface area (Å²) in [5.41, 5.74) is 0. The molecule has 3 rings (SSSR count). The minimum absolute atomic E-state index is 0.122. The topological polar surface area (TPSA) is 73.3 Å². The van der Waals surface area contributed by atoms with E-state index in [0.717, 1.165) is 32.7 Å². The predicted molar refractivity (Wildman–Crippen MR) is 78.4 cm³/mol. The van der Waals surface area contributed by atoms with Gasteiger partial charge in [0.15, 0.2) is 0 Å². The molecular formula is C13H21N3O4S. The molecule has 3 aliphatic rings. The lowest BCUT2D eigenvalue weighted by Gasteiger charge is -2.32. The van der Waals surface area contributed by atoms with Gasteiger partial charge in [-0.2, -0.15) is 0 Å². The maximum atomic E-state index is 12.5. The van der Waals surface area contributed by atoms with E-state index in [1.54, 1.807) is 0 Å². The highest BCUT2D eigenvalue weighted by Crippen LogP contribution is 2.25. The van der Waals surface area contributed by atoms with Gasteiger partial charge in [-0.05, 0) is 6.42 Å². The highest BCUT2D eigenvalue weighted by atomic mass is 32.2. The van der Waals surface area contributed by atoms with Crippen LogP contribution in [0.1, 0.15) is 6.42 Å². The van der Waals surface area contributed by atoms with Gasteiger partial charge in [0.25, 0.3) is 0 Å². The maximum Gasteiger partial charge on any atom is 0.327 e. The van der Waals surface area contributed by atoms with Crippen molar-refractivity contribution < 1.29 is 19.4 Å². The lowest BCUT2D eigenvalue weighted by Crippen LogP contribution is -2.49. The second-order valence-electron chi connectivity index (χ2n) is 5.64. The van der Waals surface area contributed by atoms with Crippen molar-refractivity contribution in [1.82, 2.24) is 14.7 Å². The fourth-order valence-electron chi connectivity index (χ4n) is 3.17. The summed E-state index contributed by atoms with van der Waals surface area (Å²) in [4.78, 5) is 29.4. The zero-order valence-electron chi connectivity index (χ0n) is 11.9. The molecule has 2 unspecified atom stereocenters. The molecule has 3 aliphatic heterocycles. The van der Waals surface area contributed by atoms with Crippen molar-refractivity contribution in [1.29, 1.82) is 0 Å². The number of thioether (sulfide) groups is 1. The van der Waals surface area contributed by atoms with Gasteiger partial charge in [0.05, 0.1) is 19.1 Å². The summed E-state index contributed by atoms with van der Waals surface area (Å²) in [5.74, 6) is 0.0633. The summed E-state index contributed by atoms with van der Waals surface area (Å²) in [6.07, 6.45) is 0.963. The first kappa shape index (κ1) is 14.9. The number of likely N-dealkylation sites (tertiary alicyclic amines) is 1. The molecule has 3 saturated heterocycles.